The van der Waals surface area contributed by atoms with Crippen LogP contribution in [0.1, 0.15) is 36.1 Å². The predicted octanol–water partition coefficient (Wildman–Crippen LogP) is 5.23. The highest BCUT2D eigenvalue weighted by atomic mass is 79.9. The molecule has 94 valence electrons. The highest BCUT2D eigenvalue weighted by molar-refractivity contribution is 9.10. The first-order valence-electron chi connectivity index (χ1n) is 6.44. The minimum atomic E-state index is 0.918. The molecule has 3 heteroatoms. The van der Waals surface area contributed by atoms with Crippen molar-refractivity contribution in [3.63, 3.8) is 0 Å². The summed E-state index contributed by atoms with van der Waals surface area (Å²) in [6, 6.07) is 4.25. The fraction of sp³-hybridized carbons (Fsp3) is 0.400. The summed E-state index contributed by atoms with van der Waals surface area (Å²) < 4.78 is 1.05. The number of benzene rings is 1. The van der Waals surface area contributed by atoms with Gasteiger partial charge < -0.3 is 0 Å². The third-order valence-corrected chi connectivity index (χ3v) is 4.68. The zero-order chi connectivity index (χ0) is 12.7. The Balaban J connectivity index is 2.34. The van der Waals surface area contributed by atoms with Gasteiger partial charge in [0, 0.05) is 15.6 Å². The van der Waals surface area contributed by atoms with Gasteiger partial charge in [0.2, 0.25) is 0 Å². The fourth-order valence-corrected chi connectivity index (χ4v) is 3.75. The summed E-state index contributed by atoms with van der Waals surface area (Å²) >= 11 is 10.2. The summed E-state index contributed by atoms with van der Waals surface area (Å²) in [6.45, 7) is 2.09. The number of nitrogens with zero attached hydrogens (tertiary/aromatic N) is 1. The van der Waals surface area contributed by atoms with Crippen LogP contribution in [0.4, 0.5) is 0 Å². The first-order chi connectivity index (χ1) is 8.66. The quantitative estimate of drug-likeness (QED) is 0.605. The molecule has 0 radical (unpaired) electrons. The van der Waals surface area contributed by atoms with Crippen molar-refractivity contribution in [3.8, 4) is 0 Å². The number of aryl methyl sites for hydroxylation is 2. The number of hydrogen-bond donors (Lipinski definition) is 0. The van der Waals surface area contributed by atoms with E-state index in [1.54, 1.807) is 0 Å². The maximum atomic E-state index is 6.62. The van der Waals surface area contributed by atoms with Gasteiger partial charge in [-0.25, -0.2) is 0 Å². The molecular weight excluding hydrogens is 310 g/mol. The lowest BCUT2D eigenvalue weighted by molar-refractivity contribution is 0.709. The van der Waals surface area contributed by atoms with Crippen molar-refractivity contribution >= 4 is 38.4 Å². The van der Waals surface area contributed by atoms with Crippen LogP contribution in [0.25, 0.3) is 10.9 Å². The molecule has 3 rings (SSSR count). The Kier molecular flexibility index (Phi) is 3.33. The monoisotopic (exact) mass is 323 g/mol. The molecular formula is C15H15BrClN. The Morgan fingerprint density at radius 3 is 2.78 bits per heavy atom. The average Bonchev–Trinajstić information content (AvgIpc) is 2.56. The van der Waals surface area contributed by atoms with E-state index in [1.165, 1.54) is 36.1 Å². The highest BCUT2D eigenvalue weighted by Gasteiger charge is 2.17. The highest BCUT2D eigenvalue weighted by Crippen LogP contribution is 2.35. The lowest BCUT2D eigenvalue weighted by Crippen LogP contribution is -1.99. The van der Waals surface area contributed by atoms with Crippen molar-refractivity contribution in [2.45, 2.75) is 39.0 Å². The average molecular weight is 325 g/mol. The number of aromatic nitrogens is 1. The fourth-order valence-electron chi connectivity index (χ4n) is 2.74. The SMILES string of the molecule is Cc1cc(Br)c2nc3c(c(Cl)c2c1)CCCCC3. The molecule has 0 bridgehead atoms. The summed E-state index contributed by atoms with van der Waals surface area (Å²) in [5, 5.41) is 2.01. The van der Waals surface area contributed by atoms with E-state index in [-0.39, 0.29) is 0 Å². The van der Waals surface area contributed by atoms with Crippen molar-refractivity contribution in [1.82, 2.24) is 4.98 Å². The van der Waals surface area contributed by atoms with Gasteiger partial charge in [0.05, 0.1) is 10.5 Å². The van der Waals surface area contributed by atoms with Gasteiger partial charge in [0.1, 0.15) is 0 Å². The van der Waals surface area contributed by atoms with Crippen molar-refractivity contribution in [3.05, 3.63) is 38.4 Å². The number of rotatable bonds is 0. The van der Waals surface area contributed by atoms with Crippen LogP contribution < -0.4 is 0 Å². The molecule has 1 heterocycles. The second kappa shape index (κ2) is 4.82. The van der Waals surface area contributed by atoms with E-state index in [0.29, 0.717) is 0 Å². The van der Waals surface area contributed by atoms with Gasteiger partial charge in [0.15, 0.2) is 0 Å². The lowest BCUT2D eigenvalue weighted by Gasteiger charge is -2.12. The first kappa shape index (κ1) is 12.4. The zero-order valence-electron chi connectivity index (χ0n) is 10.4. The van der Waals surface area contributed by atoms with Crippen LogP contribution in [0.2, 0.25) is 5.02 Å². The van der Waals surface area contributed by atoms with Gasteiger partial charge in [-0.3, -0.25) is 4.98 Å². The summed E-state index contributed by atoms with van der Waals surface area (Å²) in [4.78, 5) is 4.85. The summed E-state index contributed by atoms with van der Waals surface area (Å²) in [6.07, 6.45) is 5.87. The predicted molar refractivity (Wildman–Crippen MR) is 80.4 cm³/mol. The van der Waals surface area contributed by atoms with E-state index in [9.17, 15) is 0 Å². The molecule has 0 atom stereocenters. The molecule has 0 saturated heterocycles. The van der Waals surface area contributed by atoms with Crippen molar-refractivity contribution in [2.24, 2.45) is 0 Å². The maximum Gasteiger partial charge on any atom is 0.0862 e. The molecule has 1 nitrogen and oxygen atoms in total. The Morgan fingerprint density at radius 2 is 1.94 bits per heavy atom. The summed E-state index contributed by atoms with van der Waals surface area (Å²) in [5.74, 6) is 0. The molecule has 0 aliphatic heterocycles. The van der Waals surface area contributed by atoms with Crippen molar-refractivity contribution in [2.75, 3.05) is 0 Å². The third kappa shape index (κ3) is 2.06. The first-order valence-corrected chi connectivity index (χ1v) is 7.61. The van der Waals surface area contributed by atoms with Crippen LogP contribution in [0.15, 0.2) is 16.6 Å². The van der Waals surface area contributed by atoms with Gasteiger partial charge in [-0.15, -0.1) is 0 Å². The normalized spacial score (nSPS) is 15.5. The Bertz CT molecular complexity index is 622. The number of pyridine rings is 1. The molecule has 0 saturated carbocycles. The molecule has 1 aliphatic carbocycles. The molecule has 0 amide bonds. The van der Waals surface area contributed by atoms with Gasteiger partial charge >= 0.3 is 0 Å². The second-order valence-electron chi connectivity index (χ2n) is 5.05. The van der Waals surface area contributed by atoms with E-state index >= 15 is 0 Å². The summed E-state index contributed by atoms with van der Waals surface area (Å²) in [7, 11) is 0. The molecule has 18 heavy (non-hydrogen) atoms. The minimum absolute atomic E-state index is 0.918. The number of hydrogen-bond acceptors (Lipinski definition) is 1. The second-order valence-corrected chi connectivity index (χ2v) is 6.29. The van der Waals surface area contributed by atoms with Gasteiger partial charge in [-0.1, -0.05) is 18.0 Å². The van der Waals surface area contributed by atoms with Crippen molar-refractivity contribution < 1.29 is 0 Å². The van der Waals surface area contributed by atoms with Crippen LogP contribution in [0, 0.1) is 6.92 Å². The molecule has 0 fully saturated rings. The zero-order valence-corrected chi connectivity index (χ0v) is 12.7. The molecule has 0 N–H and O–H groups in total. The molecule has 1 aromatic heterocycles. The van der Waals surface area contributed by atoms with E-state index in [1.807, 2.05) is 0 Å². The smallest absolute Gasteiger partial charge is 0.0862 e. The number of halogens is 2. The topological polar surface area (TPSA) is 12.9 Å². The largest absolute Gasteiger partial charge is 0.251 e. The van der Waals surface area contributed by atoms with Crippen LogP contribution in [0.3, 0.4) is 0 Å². The van der Waals surface area contributed by atoms with Gasteiger partial charge in [0.25, 0.3) is 0 Å². The third-order valence-electron chi connectivity index (χ3n) is 3.64. The molecule has 1 aliphatic rings. The Hall–Kier alpha value is -0.600. The molecule has 0 spiro atoms. The Labute approximate surface area is 121 Å². The van der Waals surface area contributed by atoms with E-state index in [0.717, 1.165) is 33.2 Å². The molecule has 0 unspecified atom stereocenters. The van der Waals surface area contributed by atoms with Gasteiger partial charge in [-0.2, -0.15) is 0 Å². The minimum Gasteiger partial charge on any atom is -0.251 e. The maximum absolute atomic E-state index is 6.62. The van der Waals surface area contributed by atoms with Crippen LogP contribution in [-0.2, 0) is 12.8 Å². The van der Waals surface area contributed by atoms with Gasteiger partial charge in [-0.05, 0) is 71.8 Å². The van der Waals surface area contributed by atoms with E-state index < -0.39 is 0 Å². The standard InChI is InChI=1S/C15H15BrClN/c1-9-7-11-14(17)10-5-3-2-4-6-13(10)18-15(11)12(16)8-9/h7-8H,2-6H2,1H3. The van der Waals surface area contributed by atoms with E-state index in [2.05, 4.69) is 35.0 Å². The Morgan fingerprint density at radius 1 is 1.17 bits per heavy atom. The van der Waals surface area contributed by atoms with Crippen molar-refractivity contribution in [1.29, 1.82) is 0 Å². The summed E-state index contributed by atoms with van der Waals surface area (Å²) in [5.41, 5.74) is 4.70. The number of fused-ring (bicyclic) bond motifs is 2. The molecule has 1 aromatic carbocycles. The van der Waals surface area contributed by atoms with E-state index in [4.69, 9.17) is 16.6 Å². The lowest BCUT2D eigenvalue weighted by atomic mass is 10.0. The van der Waals surface area contributed by atoms with Crippen LogP contribution in [0.5, 0.6) is 0 Å². The van der Waals surface area contributed by atoms with Crippen LogP contribution in [-0.4, -0.2) is 4.98 Å². The molecule has 2 aromatic rings. The van der Waals surface area contributed by atoms with Crippen LogP contribution >= 0.6 is 27.5 Å².